The first-order valence-corrected chi connectivity index (χ1v) is 8.99. The predicted molar refractivity (Wildman–Crippen MR) is 105 cm³/mol. The molecule has 1 heterocycles. The van der Waals surface area contributed by atoms with E-state index in [1.165, 1.54) is 6.07 Å². The fraction of sp³-hybridized carbons (Fsp3) is 0.105. The average Bonchev–Trinajstić information content (AvgIpc) is 3.10. The maximum absolute atomic E-state index is 12.1. The van der Waals surface area contributed by atoms with Crippen LogP contribution in [0.4, 0.5) is 5.69 Å². The topological polar surface area (TPSA) is 78.9 Å². The molecule has 136 valence electrons. The molecule has 0 bridgehead atoms. The first-order chi connectivity index (χ1) is 13.0. The molecule has 3 aromatic rings. The lowest BCUT2D eigenvalue weighted by Gasteiger charge is -2.05. The third-order valence-electron chi connectivity index (χ3n) is 3.69. The number of aromatic nitrogens is 1. The molecule has 0 saturated carbocycles. The predicted octanol–water partition coefficient (Wildman–Crippen LogP) is 5.74. The van der Waals surface area contributed by atoms with Crippen LogP contribution in [0.15, 0.2) is 47.0 Å². The summed E-state index contributed by atoms with van der Waals surface area (Å²) in [5.41, 5.74) is 1.48. The van der Waals surface area contributed by atoms with Gasteiger partial charge in [-0.05, 0) is 36.4 Å². The molecule has 1 aromatic heterocycles. The van der Waals surface area contributed by atoms with Crippen molar-refractivity contribution in [2.24, 2.45) is 0 Å². The number of benzene rings is 2. The van der Waals surface area contributed by atoms with Crippen molar-refractivity contribution in [2.75, 3.05) is 5.32 Å². The van der Waals surface area contributed by atoms with Gasteiger partial charge in [-0.25, -0.2) is 4.98 Å². The Morgan fingerprint density at radius 2 is 1.96 bits per heavy atom. The van der Waals surface area contributed by atoms with Crippen LogP contribution in [0.25, 0.3) is 11.3 Å². The molecule has 0 aliphatic carbocycles. The van der Waals surface area contributed by atoms with E-state index < -0.39 is 0 Å². The number of amides is 1. The summed E-state index contributed by atoms with van der Waals surface area (Å²) in [5, 5.41) is 13.0. The van der Waals surface area contributed by atoms with Crippen molar-refractivity contribution in [2.45, 2.75) is 12.8 Å². The van der Waals surface area contributed by atoms with Gasteiger partial charge in [0.05, 0.1) is 21.8 Å². The normalized spacial score (nSPS) is 10.4. The van der Waals surface area contributed by atoms with Crippen LogP contribution in [0.2, 0.25) is 15.1 Å². The molecule has 2 aromatic carbocycles. The summed E-state index contributed by atoms with van der Waals surface area (Å²) < 4.78 is 5.66. The molecule has 0 saturated heterocycles. The summed E-state index contributed by atoms with van der Waals surface area (Å²) >= 11 is 17.9. The number of nitrogens with one attached hydrogen (secondary N) is 1. The molecule has 1 amide bonds. The number of nitrogens with zero attached hydrogens (tertiary/aromatic N) is 2. The van der Waals surface area contributed by atoms with Gasteiger partial charge in [0.25, 0.3) is 0 Å². The number of halogens is 3. The van der Waals surface area contributed by atoms with E-state index in [4.69, 9.17) is 44.5 Å². The monoisotopic (exact) mass is 419 g/mol. The number of oxazole rings is 1. The Labute approximate surface area is 170 Å². The van der Waals surface area contributed by atoms with Gasteiger partial charge < -0.3 is 9.73 Å². The number of nitriles is 1. The molecular weight excluding hydrogens is 409 g/mol. The quantitative estimate of drug-likeness (QED) is 0.570. The molecular formula is C19H12Cl3N3O2. The van der Waals surface area contributed by atoms with E-state index in [0.717, 1.165) is 0 Å². The van der Waals surface area contributed by atoms with E-state index in [9.17, 15) is 4.79 Å². The molecule has 0 unspecified atom stereocenters. The van der Waals surface area contributed by atoms with Crippen LogP contribution in [-0.2, 0) is 11.2 Å². The minimum Gasteiger partial charge on any atom is -0.441 e. The van der Waals surface area contributed by atoms with Crippen LogP contribution >= 0.6 is 34.8 Å². The average molecular weight is 421 g/mol. The molecule has 0 atom stereocenters. The number of anilines is 1. The van der Waals surface area contributed by atoms with E-state index in [0.29, 0.717) is 50.0 Å². The second kappa shape index (κ2) is 8.45. The molecule has 0 aliphatic rings. The summed E-state index contributed by atoms with van der Waals surface area (Å²) in [6.45, 7) is 0. The molecule has 5 nitrogen and oxygen atoms in total. The van der Waals surface area contributed by atoms with Gasteiger partial charge in [-0.3, -0.25) is 4.79 Å². The SMILES string of the molecule is N#Cc1cc(NC(=O)CCc2ncc(-c3ccc(Cl)cc3Cl)o2)ccc1Cl. The summed E-state index contributed by atoms with van der Waals surface area (Å²) in [6, 6.07) is 11.8. The van der Waals surface area contributed by atoms with Crippen molar-refractivity contribution in [3.05, 3.63) is 69.1 Å². The molecule has 0 spiro atoms. The Bertz CT molecular complexity index is 1040. The van der Waals surface area contributed by atoms with Crippen LogP contribution in [0.3, 0.4) is 0 Å². The Hall–Kier alpha value is -2.52. The Morgan fingerprint density at radius 1 is 1.15 bits per heavy atom. The number of hydrogen-bond donors (Lipinski definition) is 1. The lowest BCUT2D eigenvalue weighted by molar-refractivity contribution is -0.116. The highest BCUT2D eigenvalue weighted by atomic mass is 35.5. The summed E-state index contributed by atoms with van der Waals surface area (Å²) in [4.78, 5) is 16.3. The first-order valence-electron chi connectivity index (χ1n) is 7.86. The number of aryl methyl sites for hydroxylation is 1. The fourth-order valence-corrected chi connectivity index (χ4v) is 3.03. The zero-order valence-electron chi connectivity index (χ0n) is 13.8. The van der Waals surface area contributed by atoms with Gasteiger partial charge in [-0.15, -0.1) is 0 Å². The van der Waals surface area contributed by atoms with E-state index in [1.807, 2.05) is 6.07 Å². The largest absolute Gasteiger partial charge is 0.441 e. The van der Waals surface area contributed by atoms with Crippen molar-refractivity contribution < 1.29 is 9.21 Å². The van der Waals surface area contributed by atoms with E-state index >= 15 is 0 Å². The van der Waals surface area contributed by atoms with E-state index in [1.54, 1.807) is 36.5 Å². The number of carbonyl (C=O) groups excluding carboxylic acids is 1. The van der Waals surface area contributed by atoms with Gasteiger partial charge in [0.2, 0.25) is 5.91 Å². The van der Waals surface area contributed by atoms with Crippen molar-refractivity contribution in [3.8, 4) is 17.4 Å². The second-order valence-electron chi connectivity index (χ2n) is 5.60. The van der Waals surface area contributed by atoms with Crippen molar-refractivity contribution in [1.29, 1.82) is 5.26 Å². The molecule has 1 N–H and O–H groups in total. The smallest absolute Gasteiger partial charge is 0.224 e. The van der Waals surface area contributed by atoms with Gasteiger partial charge in [-0.1, -0.05) is 34.8 Å². The Balaban J connectivity index is 1.61. The van der Waals surface area contributed by atoms with Crippen LogP contribution in [0.1, 0.15) is 17.9 Å². The van der Waals surface area contributed by atoms with Gasteiger partial charge in [0, 0.05) is 29.1 Å². The van der Waals surface area contributed by atoms with E-state index in [2.05, 4.69) is 10.3 Å². The van der Waals surface area contributed by atoms with Gasteiger partial charge in [0.15, 0.2) is 11.7 Å². The Kier molecular flexibility index (Phi) is 6.02. The Morgan fingerprint density at radius 3 is 2.70 bits per heavy atom. The second-order valence-corrected chi connectivity index (χ2v) is 6.85. The molecule has 0 aliphatic heterocycles. The maximum atomic E-state index is 12.1. The van der Waals surface area contributed by atoms with Crippen LogP contribution < -0.4 is 5.32 Å². The lowest BCUT2D eigenvalue weighted by atomic mass is 10.2. The standard InChI is InChI=1S/C19H12Cl3N3O2/c20-12-1-3-14(16(22)8-12)17-10-24-19(27-17)6-5-18(26)25-13-2-4-15(21)11(7-13)9-23/h1-4,7-8,10H,5-6H2,(H,25,26). The van der Waals surface area contributed by atoms with Gasteiger partial charge in [-0.2, -0.15) is 5.26 Å². The zero-order valence-corrected chi connectivity index (χ0v) is 16.1. The highest BCUT2D eigenvalue weighted by Crippen LogP contribution is 2.31. The van der Waals surface area contributed by atoms with E-state index in [-0.39, 0.29) is 12.3 Å². The highest BCUT2D eigenvalue weighted by molar-refractivity contribution is 6.36. The summed E-state index contributed by atoms with van der Waals surface area (Å²) in [6.07, 6.45) is 2.04. The minimum atomic E-state index is -0.231. The van der Waals surface area contributed by atoms with Crippen LogP contribution in [0.5, 0.6) is 0 Å². The number of hydrogen-bond acceptors (Lipinski definition) is 4. The van der Waals surface area contributed by atoms with Crippen LogP contribution in [0, 0.1) is 11.3 Å². The third kappa shape index (κ3) is 4.81. The molecule has 27 heavy (non-hydrogen) atoms. The fourth-order valence-electron chi connectivity index (χ4n) is 2.37. The van der Waals surface area contributed by atoms with Gasteiger partial charge in [0.1, 0.15) is 6.07 Å². The third-order valence-corrected chi connectivity index (χ3v) is 4.56. The molecule has 8 heteroatoms. The lowest BCUT2D eigenvalue weighted by Crippen LogP contribution is -2.12. The highest BCUT2D eigenvalue weighted by Gasteiger charge is 2.12. The van der Waals surface area contributed by atoms with Crippen molar-refractivity contribution in [1.82, 2.24) is 4.98 Å². The minimum absolute atomic E-state index is 0.165. The molecule has 0 fully saturated rings. The molecule has 0 radical (unpaired) electrons. The van der Waals surface area contributed by atoms with Crippen LogP contribution in [-0.4, -0.2) is 10.9 Å². The molecule has 3 rings (SSSR count). The van der Waals surface area contributed by atoms with Gasteiger partial charge >= 0.3 is 0 Å². The first kappa shape index (κ1) is 19.2. The van der Waals surface area contributed by atoms with Crippen molar-refractivity contribution >= 4 is 46.4 Å². The summed E-state index contributed by atoms with van der Waals surface area (Å²) in [5.74, 6) is 0.689. The number of carbonyl (C=O) groups is 1. The zero-order chi connectivity index (χ0) is 19.4. The maximum Gasteiger partial charge on any atom is 0.224 e. The van der Waals surface area contributed by atoms with Crippen molar-refractivity contribution in [3.63, 3.8) is 0 Å². The summed E-state index contributed by atoms with van der Waals surface area (Å²) in [7, 11) is 0. The number of rotatable bonds is 5.